The van der Waals surface area contributed by atoms with Gasteiger partial charge in [0.15, 0.2) is 11.6 Å². The van der Waals surface area contributed by atoms with E-state index >= 15 is 0 Å². The molecule has 25 heavy (non-hydrogen) atoms. The van der Waals surface area contributed by atoms with Crippen molar-refractivity contribution in [3.05, 3.63) is 65.7 Å². The van der Waals surface area contributed by atoms with Crippen LogP contribution >= 0.6 is 0 Å². The summed E-state index contributed by atoms with van der Waals surface area (Å²) in [5.41, 5.74) is 1.66. The molecule has 1 amide bonds. The van der Waals surface area contributed by atoms with Gasteiger partial charge in [-0.15, -0.1) is 0 Å². The Bertz CT molecular complexity index is 716. The van der Waals surface area contributed by atoms with Gasteiger partial charge in [0, 0.05) is 44.5 Å². The van der Waals surface area contributed by atoms with E-state index in [4.69, 9.17) is 0 Å². The molecule has 0 unspecified atom stereocenters. The molecule has 132 valence electrons. The first kappa shape index (κ1) is 17.4. The van der Waals surface area contributed by atoms with Crippen LogP contribution in [0.4, 0.5) is 14.5 Å². The third-order valence-corrected chi connectivity index (χ3v) is 4.34. The molecule has 3 rings (SSSR count). The van der Waals surface area contributed by atoms with Gasteiger partial charge in [-0.1, -0.05) is 30.3 Å². The molecule has 1 saturated heterocycles. The van der Waals surface area contributed by atoms with E-state index in [1.807, 2.05) is 18.2 Å². The third-order valence-electron chi connectivity index (χ3n) is 4.34. The van der Waals surface area contributed by atoms with Gasteiger partial charge in [0.1, 0.15) is 0 Å². The van der Waals surface area contributed by atoms with Crippen molar-refractivity contribution < 1.29 is 13.6 Å². The minimum absolute atomic E-state index is 0.0379. The first-order chi connectivity index (χ1) is 12.1. The minimum atomic E-state index is -0.924. The number of nitrogens with zero attached hydrogens (tertiary/aromatic N) is 2. The zero-order valence-electron chi connectivity index (χ0n) is 13.9. The Labute approximate surface area is 146 Å². The number of amides is 1. The lowest BCUT2D eigenvalue weighted by atomic mass is 10.2. The number of nitrogens with one attached hydrogen (secondary N) is 1. The average molecular weight is 345 g/mol. The van der Waals surface area contributed by atoms with Gasteiger partial charge in [-0.25, -0.2) is 8.78 Å². The van der Waals surface area contributed by atoms with Gasteiger partial charge in [0.25, 0.3) is 0 Å². The van der Waals surface area contributed by atoms with Gasteiger partial charge in [0.05, 0.1) is 6.54 Å². The lowest BCUT2D eigenvalue weighted by molar-refractivity contribution is -0.131. The van der Waals surface area contributed by atoms with Crippen LogP contribution in [0.15, 0.2) is 48.5 Å². The molecule has 0 spiro atoms. The maximum Gasteiger partial charge on any atom is 0.241 e. The molecule has 0 aromatic heterocycles. The van der Waals surface area contributed by atoms with Crippen molar-refractivity contribution in [3.8, 4) is 0 Å². The molecular formula is C19H21F2N3O. The van der Waals surface area contributed by atoms with Gasteiger partial charge in [-0.3, -0.25) is 9.69 Å². The van der Waals surface area contributed by atoms with Crippen LogP contribution in [0, 0.1) is 11.6 Å². The van der Waals surface area contributed by atoms with Crippen molar-refractivity contribution in [3.63, 3.8) is 0 Å². The Morgan fingerprint density at radius 3 is 2.36 bits per heavy atom. The Hall–Kier alpha value is -2.47. The summed E-state index contributed by atoms with van der Waals surface area (Å²) in [5.74, 6) is -1.86. The van der Waals surface area contributed by atoms with Crippen molar-refractivity contribution in [2.75, 3.05) is 38.0 Å². The molecule has 0 saturated carbocycles. The second-order valence-corrected chi connectivity index (χ2v) is 6.12. The molecule has 1 heterocycles. The fourth-order valence-corrected chi connectivity index (χ4v) is 2.89. The van der Waals surface area contributed by atoms with Gasteiger partial charge < -0.3 is 10.2 Å². The number of benzene rings is 2. The number of rotatable bonds is 5. The maximum absolute atomic E-state index is 13.2. The fourth-order valence-electron chi connectivity index (χ4n) is 2.89. The molecule has 1 aliphatic heterocycles. The number of hydrogen-bond donors (Lipinski definition) is 1. The summed E-state index contributed by atoms with van der Waals surface area (Å²) in [5, 5.41) is 2.85. The van der Waals surface area contributed by atoms with E-state index in [0.717, 1.165) is 31.8 Å². The van der Waals surface area contributed by atoms with Gasteiger partial charge in [-0.05, 0) is 17.7 Å². The van der Waals surface area contributed by atoms with E-state index < -0.39 is 11.6 Å². The Kier molecular flexibility index (Phi) is 5.60. The molecule has 2 aromatic rings. The number of halogens is 2. The summed E-state index contributed by atoms with van der Waals surface area (Å²) in [6.45, 7) is 3.95. The van der Waals surface area contributed by atoms with E-state index in [1.54, 1.807) is 4.90 Å². The number of carbonyl (C=O) groups is 1. The normalized spacial score (nSPS) is 15.2. The number of anilines is 1. The van der Waals surface area contributed by atoms with Gasteiger partial charge >= 0.3 is 0 Å². The smallest absolute Gasteiger partial charge is 0.241 e. The highest BCUT2D eigenvalue weighted by Gasteiger charge is 2.20. The summed E-state index contributed by atoms with van der Waals surface area (Å²) in [6.07, 6.45) is 0. The van der Waals surface area contributed by atoms with Crippen LogP contribution in [-0.4, -0.2) is 48.4 Å². The van der Waals surface area contributed by atoms with Crippen molar-refractivity contribution in [2.24, 2.45) is 0 Å². The van der Waals surface area contributed by atoms with Crippen molar-refractivity contribution >= 4 is 11.6 Å². The molecule has 0 atom stereocenters. The number of carbonyl (C=O) groups excluding carboxylic acids is 1. The lowest BCUT2D eigenvalue weighted by Crippen LogP contribution is -2.49. The second kappa shape index (κ2) is 8.07. The van der Waals surface area contributed by atoms with Crippen LogP contribution in [-0.2, 0) is 11.3 Å². The SMILES string of the molecule is O=C(CNc1ccc(F)c(F)c1)N1CCN(Cc2ccccc2)CC1. The van der Waals surface area contributed by atoms with E-state index in [9.17, 15) is 13.6 Å². The second-order valence-electron chi connectivity index (χ2n) is 6.12. The van der Waals surface area contributed by atoms with E-state index in [2.05, 4.69) is 22.3 Å². The summed E-state index contributed by atoms with van der Waals surface area (Å²) in [4.78, 5) is 16.4. The summed E-state index contributed by atoms with van der Waals surface area (Å²) in [6, 6.07) is 13.8. The molecule has 6 heteroatoms. The van der Waals surface area contributed by atoms with Crippen LogP contribution in [0.3, 0.4) is 0 Å². The van der Waals surface area contributed by atoms with Crippen LogP contribution in [0.1, 0.15) is 5.56 Å². The highest BCUT2D eigenvalue weighted by atomic mass is 19.2. The fraction of sp³-hybridized carbons (Fsp3) is 0.316. The Morgan fingerprint density at radius 1 is 0.960 bits per heavy atom. The summed E-state index contributed by atoms with van der Waals surface area (Å²) in [7, 11) is 0. The maximum atomic E-state index is 13.2. The molecule has 2 aromatic carbocycles. The van der Waals surface area contributed by atoms with E-state index in [0.29, 0.717) is 18.8 Å². The molecular weight excluding hydrogens is 324 g/mol. The zero-order chi connectivity index (χ0) is 17.6. The topological polar surface area (TPSA) is 35.6 Å². The monoisotopic (exact) mass is 345 g/mol. The first-order valence-electron chi connectivity index (χ1n) is 8.35. The quantitative estimate of drug-likeness (QED) is 0.905. The Balaban J connectivity index is 1.44. The van der Waals surface area contributed by atoms with Crippen LogP contribution in [0.25, 0.3) is 0 Å². The van der Waals surface area contributed by atoms with Crippen molar-refractivity contribution in [1.29, 1.82) is 0 Å². The van der Waals surface area contributed by atoms with Crippen LogP contribution < -0.4 is 5.32 Å². The molecule has 1 N–H and O–H groups in total. The molecule has 4 nitrogen and oxygen atoms in total. The number of hydrogen-bond acceptors (Lipinski definition) is 3. The number of piperazine rings is 1. The van der Waals surface area contributed by atoms with Crippen molar-refractivity contribution in [1.82, 2.24) is 9.80 Å². The predicted molar refractivity (Wildman–Crippen MR) is 93.1 cm³/mol. The summed E-state index contributed by atoms with van der Waals surface area (Å²) >= 11 is 0. The largest absolute Gasteiger partial charge is 0.376 e. The molecule has 0 aliphatic carbocycles. The summed E-state index contributed by atoms with van der Waals surface area (Å²) < 4.78 is 26.1. The van der Waals surface area contributed by atoms with E-state index in [-0.39, 0.29) is 12.5 Å². The zero-order valence-corrected chi connectivity index (χ0v) is 13.9. The predicted octanol–water partition coefficient (Wildman–Crippen LogP) is 2.72. The minimum Gasteiger partial charge on any atom is -0.376 e. The van der Waals surface area contributed by atoms with Gasteiger partial charge in [0.2, 0.25) is 5.91 Å². The van der Waals surface area contributed by atoms with Crippen molar-refractivity contribution in [2.45, 2.75) is 6.54 Å². The lowest BCUT2D eigenvalue weighted by Gasteiger charge is -2.34. The molecule has 0 bridgehead atoms. The first-order valence-corrected chi connectivity index (χ1v) is 8.35. The third kappa shape index (κ3) is 4.76. The van der Waals surface area contributed by atoms with Gasteiger partial charge in [-0.2, -0.15) is 0 Å². The molecule has 1 fully saturated rings. The standard InChI is InChI=1S/C19H21F2N3O/c20-17-7-6-16(12-18(17)21)22-13-19(25)24-10-8-23(9-11-24)14-15-4-2-1-3-5-15/h1-7,12,22H,8-11,13-14H2. The molecule has 1 aliphatic rings. The van der Waals surface area contributed by atoms with Crippen LogP contribution in [0.2, 0.25) is 0 Å². The highest BCUT2D eigenvalue weighted by molar-refractivity contribution is 5.81. The Morgan fingerprint density at radius 2 is 1.68 bits per heavy atom. The highest BCUT2D eigenvalue weighted by Crippen LogP contribution is 2.13. The molecule has 0 radical (unpaired) electrons. The average Bonchev–Trinajstić information content (AvgIpc) is 2.64. The van der Waals surface area contributed by atoms with Crippen LogP contribution in [0.5, 0.6) is 0 Å². The van der Waals surface area contributed by atoms with E-state index in [1.165, 1.54) is 11.6 Å².